The highest BCUT2D eigenvalue weighted by Crippen LogP contribution is 2.29. The second-order valence-electron chi connectivity index (χ2n) is 4.33. The van der Waals surface area contributed by atoms with Gasteiger partial charge in [-0.1, -0.05) is 0 Å². The van der Waals surface area contributed by atoms with Crippen molar-refractivity contribution in [3.05, 3.63) is 15.8 Å². The molecule has 0 unspecified atom stereocenters. The Bertz CT molecular complexity index is 563. The van der Waals surface area contributed by atoms with Gasteiger partial charge in [0.05, 0.1) is 12.8 Å². The van der Waals surface area contributed by atoms with Crippen LogP contribution in [0.5, 0.6) is 0 Å². The van der Waals surface area contributed by atoms with Gasteiger partial charge < -0.3 is 4.74 Å². The monoisotopic (exact) mass is 306 g/mol. The maximum atomic E-state index is 12.1. The van der Waals surface area contributed by atoms with Gasteiger partial charge in [0.1, 0.15) is 4.88 Å². The fourth-order valence-corrected chi connectivity index (χ4v) is 3.50. The van der Waals surface area contributed by atoms with Gasteiger partial charge in [0.2, 0.25) is 0 Å². The lowest BCUT2D eigenvalue weighted by Crippen LogP contribution is -2.37. The Morgan fingerprint density at radius 2 is 2.05 bits per heavy atom. The van der Waals surface area contributed by atoms with Crippen molar-refractivity contribution in [3.8, 4) is 0 Å². The zero-order chi connectivity index (χ0) is 14.8. The number of hydrogen-bond donors (Lipinski definition) is 1. The summed E-state index contributed by atoms with van der Waals surface area (Å²) >= 11 is 1.15. The number of carbonyl (C=O) groups is 1. The molecule has 6 nitrogen and oxygen atoms in total. The van der Waals surface area contributed by atoms with E-state index in [0.717, 1.165) is 11.3 Å². The van der Waals surface area contributed by atoms with Gasteiger partial charge in [0, 0.05) is 13.1 Å². The number of aryl methyl sites for hydroxylation is 1. The smallest absolute Gasteiger partial charge is 0.350 e. The molecule has 0 aromatic carbocycles. The molecule has 19 heavy (non-hydrogen) atoms. The molecule has 1 N–H and O–H groups in total. The molecule has 0 spiro atoms. The molecule has 0 amide bonds. The first-order valence-electron chi connectivity index (χ1n) is 5.63. The number of thiophene rings is 1. The molecule has 0 saturated carbocycles. The molecule has 108 valence electrons. The molecule has 1 aromatic heterocycles. The molecule has 0 saturated heterocycles. The summed E-state index contributed by atoms with van der Waals surface area (Å²) in [5.74, 6) is -0.553. The molecule has 1 rings (SSSR count). The maximum absolute atomic E-state index is 12.1. The second-order valence-corrected chi connectivity index (χ2v) is 6.94. The minimum Gasteiger partial charge on any atom is -0.465 e. The number of rotatable bonds is 5. The van der Waals surface area contributed by atoms with Crippen LogP contribution in [0.25, 0.3) is 0 Å². The SMILES string of the molecule is COC(=O)c1scc(C)c1NS(=O)(=O)N(C)C(C)C. The van der Waals surface area contributed by atoms with Gasteiger partial charge in [-0.2, -0.15) is 12.7 Å². The average molecular weight is 306 g/mol. The van der Waals surface area contributed by atoms with Crippen LogP contribution in [0.3, 0.4) is 0 Å². The van der Waals surface area contributed by atoms with Gasteiger partial charge in [0.25, 0.3) is 0 Å². The molecule has 0 atom stereocenters. The van der Waals surface area contributed by atoms with Crippen molar-refractivity contribution in [1.82, 2.24) is 4.31 Å². The van der Waals surface area contributed by atoms with Crippen LogP contribution in [0, 0.1) is 6.92 Å². The molecule has 0 aliphatic carbocycles. The Labute approximate surface area is 117 Å². The molecule has 1 heterocycles. The lowest BCUT2D eigenvalue weighted by Gasteiger charge is -2.22. The summed E-state index contributed by atoms with van der Waals surface area (Å²) < 4.78 is 32.5. The Hall–Kier alpha value is -1.12. The van der Waals surface area contributed by atoms with Crippen molar-refractivity contribution in [3.63, 3.8) is 0 Å². The van der Waals surface area contributed by atoms with Crippen molar-refractivity contribution in [1.29, 1.82) is 0 Å². The molecule has 0 aliphatic heterocycles. The number of nitrogens with zero attached hydrogens (tertiary/aromatic N) is 1. The summed E-state index contributed by atoms with van der Waals surface area (Å²) in [5, 5.41) is 1.71. The maximum Gasteiger partial charge on any atom is 0.350 e. The topological polar surface area (TPSA) is 75.7 Å². The van der Waals surface area contributed by atoms with Gasteiger partial charge in [-0.15, -0.1) is 11.3 Å². The van der Waals surface area contributed by atoms with E-state index in [1.807, 2.05) is 0 Å². The van der Waals surface area contributed by atoms with E-state index in [9.17, 15) is 13.2 Å². The van der Waals surface area contributed by atoms with E-state index in [1.165, 1.54) is 18.5 Å². The van der Waals surface area contributed by atoms with Crippen LogP contribution in [0.1, 0.15) is 29.1 Å². The highest BCUT2D eigenvalue weighted by Gasteiger charge is 2.25. The number of esters is 1. The standard InChI is InChI=1S/C11H18N2O4S2/c1-7(2)13(4)19(15,16)12-9-8(3)6-18-10(9)11(14)17-5/h6-7,12H,1-5H3. The predicted molar refractivity (Wildman–Crippen MR) is 75.8 cm³/mol. The van der Waals surface area contributed by atoms with Crippen LogP contribution in [0.15, 0.2) is 5.38 Å². The minimum absolute atomic E-state index is 0.182. The van der Waals surface area contributed by atoms with E-state index in [1.54, 1.807) is 26.2 Å². The largest absolute Gasteiger partial charge is 0.465 e. The first kappa shape index (κ1) is 15.9. The van der Waals surface area contributed by atoms with Crippen molar-refractivity contribution < 1.29 is 17.9 Å². The van der Waals surface area contributed by atoms with Gasteiger partial charge in [0.15, 0.2) is 0 Å². The normalized spacial score (nSPS) is 11.9. The third kappa shape index (κ3) is 3.46. The van der Waals surface area contributed by atoms with Gasteiger partial charge in [-0.05, 0) is 31.7 Å². The predicted octanol–water partition coefficient (Wildman–Crippen LogP) is 1.84. The van der Waals surface area contributed by atoms with Crippen molar-refractivity contribution >= 4 is 33.2 Å². The van der Waals surface area contributed by atoms with Crippen LogP contribution in [0.4, 0.5) is 5.69 Å². The van der Waals surface area contributed by atoms with Crippen molar-refractivity contribution in [2.24, 2.45) is 0 Å². The first-order valence-corrected chi connectivity index (χ1v) is 7.94. The highest BCUT2D eigenvalue weighted by molar-refractivity contribution is 7.90. The van der Waals surface area contributed by atoms with E-state index >= 15 is 0 Å². The lowest BCUT2D eigenvalue weighted by molar-refractivity contribution is 0.0607. The molecule has 1 aromatic rings. The lowest BCUT2D eigenvalue weighted by atomic mass is 10.3. The summed E-state index contributed by atoms with van der Waals surface area (Å²) in [6.45, 7) is 5.26. The zero-order valence-corrected chi connectivity index (χ0v) is 13.2. The number of anilines is 1. The summed E-state index contributed by atoms with van der Waals surface area (Å²) in [5.41, 5.74) is 0.968. The summed E-state index contributed by atoms with van der Waals surface area (Å²) in [6.07, 6.45) is 0. The van der Waals surface area contributed by atoms with Crippen LogP contribution in [-0.2, 0) is 14.9 Å². The van der Waals surface area contributed by atoms with E-state index in [2.05, 4.69) is 9.46 Å². The first-order chi connectivity index (χ1) is 8.70. The van der Waals surface area contributed by atoms with Crippen LogP contribution in [0.2, 0.25) is 0 Å². The zero-order valence-electron chi connectivity index (χ0n) is 11.6. The van der Waals surface area contributed by atoms with Crippen molar-refractivity contribution in [2.45, 2.75) is 26.8 Å². The number of ether oxygens (including phenoxy) is 1. The van der Waals surface area contributed by atoms with Crippen LogP contribution >= 0.6 is 11.3 Å². The van der Waals surface area contributed by atoms with Gasteiger partial charge >= 0.3 is 16.2 Å². The highest BCUT2D eigenvalue weighted by atomic mass is 32.2. The van der Waals surface area contributed by atoms with Crippen LogP contribution < -0.4 is 4.72 Å². The van der Waals surface area contributed by atoms with Crippen LogP contribution in [-0.4, -0.2) is 38.9 Å². The Balaban J connectivity index is 3.13. The molecular formula is C11H18N2O4S2. The third-order valence-corrected chi connectivity index (χ3v) is 5.40. The molecule has 0 bridgehead atoms. The van der Waals surface area contributed by atoms with E-state index < -0.39 is 16.2 Å². The Kier molecular flexibility index (Phi) is 4.94. The number of nitrogens with one attached hydrogen (secondary N) is 1. The molecular weight excluding hydrogens is 288 g/mol. The second kappa shape index (κ2) is 5.89. The summed E-state index contributed by atoms with van der Waals surface area (Å²) in [7, 11) is -0.948. The fraction of sp³-hybridized carbons (Fsp3) is 0.545. The molecule has 0 radical (unpaired) electrons. The van der Waals surface area contributed by atoms with E-state index in [4.69, 9.17) is 0 Å². The number of methoxy groups -OCH3 is 1. The molecule has 8 heteroatoms. The summed E-state index contributed by atoms with van der Waals surface area (Å²) in [6, 6.07) is -0.182. The summed E-state index contributed by atoms with van der Waals surface area (Å²) in [4.78, 5) is 11.8. The quantitative estimate of drug-likeness (QED) is 0.842. The third-order valence-electron chi connectivity index (χ3n) is 2.68. The van der Waals surface area contributed by atoms with E-state index in [-0.39, 0.29) is 16.6 Å². The van der Waals surface area contributed by atoms with Gasteiger partial charge in [-0.25, -0.2) is 4.79 Å². The molecule has 0 aliphatic rings. The average Bonchev–Trinajstić information content (AvgIpc) is 2.68. The van der Waals surface area contributed by atoms with Gasteiger partial charge in [-0.3, -0.25) is 4.72 Å². The van der Waals surface area contributed by atoms with Crippen molar-refractivity contribution in [2.75, 3.05) is 18.9 Å². The molecule has 0 fully saturated rings. The minimum atomic E-state index is -3.69. The Morgan fingerprint density at radius 1 is 1.47 bits per heavy atom. The number of carbonyl (C=O) groups excluding carboxylic acids is 1. The number of hydrogen-bond acceptors (Lipinski definition) is 5. The van der Waals surface area contributed by atoms with E-state index in [0.29, 0.717) is 5.56 Å². The Morgan fingerprint density at radius 3 is 2.53 bits per heavy atom. The fourth-order valence-electron chi connectivity index (χ4n) is 1.29.